The summed E-state index contributed by atoms with van der Waals surface area (Å²) < 4.78 is 5.00. The number of benzene rings is 1. The number of carbonyl (C=O) groups excluding carboxylic acids is 1. The fourth-order valence-electron chi connectivity index (χ4n) is 1.94. The summed E-state index contributed by atoms with van der Waals surface area (Å²) in [5, 5.41) is 11.3. The molecule has 0 fully saturated rings. The van der Waals surface area contributed by atoms with E-state index in [1.54, 1.807) is 25.1 Å². The van der Waals surface area contributed by atoms with Crippen molar-refractivity contribution in [1.82, 2.24) is 0 Å². The standard InChI is InChI=1S/C14H18Cl2O3/c1-4-19-14(18)12(8(2)3)13(17)10-7-9(15)5-6-11(10)16/h5-8,12-13,17H,4H2,1-3H3. The highest BCUT2D eigenvalue weighted by molar-refractivity contribution is 6.33. The molecule has 0 heterocycles. The molecule has 106 valence electrons. The number of carbonyl (C=O) groups is 1. The van der Waals surface area contributed by atoms with Gasteiger partial charge in [0.1, 0.15) is 0 Å². The molecule has 1 rings (SSSR count). The second-order valence-corrected chi connectivity index (χ2v) is 5.48. The van der Waals surface area contributed by atoms with Gasteiger partial charge < -0.3 is 9.84 Å². The molecule has 19 heavy (non-hydrogen) atoms. The van der Waals surface area contributed by atoms with E-state index < -0.39 is 18.0 Å². The van der Waals surface area contributed by atoms with Crippen LogP contribution < -0.4 is 0 Å². The topological polar surface area (TPSA) is 46.5 Å². The number of aliphatic hydroxyl groups is 1. The minimum absolute atomic E-state index is 0.0795. The highest BCUT2D eigenvalue weighted by Gasteiger charge is 2.33. The van der Waals surface area contributed by atoms with E-state index in [0.717, 1.165) is 0 Å². The molecule has 0 aliphatic heterocycles. The maximum atomic E-state index is 11.9. The molecule has 1 aromatic carbocycles. The van der Waals surface area contributed by atoms with E-state index in [-0.39, 0.29) is 12.5 Å². The lowest BCUT2D eigenvalue weighted by Gasteiger charge is -2.25. The first-order valence-corrected chi connectivity index (χ1v) is 6.93. The first-order valence-electron chi connectivity index (χ1n) is 6.18. The smallest absolute Gasteiger partial charge is 0.312 e. The Hall–Kier alpha value is -0.770. The molecular formula is C14H18Cl2O3. The highest BCUT2D eigenvalue weighted by atomic mass is 35.5. The van der Waals surface area contributed by atoms with Crippen LogP contribution in [0.25, 0.3) is 0 Å². The van der Waals surface area contributed by atoms with Gasteiger partial charge in [-0.1, -0.05) is 37.0 Å². The summed E-state index contributed by atoms with van der Waals surface area (Å²) in [6.45, 7) is 5.71. The van der Waals surface area contributed by atoms with Crippen molar-refractivity contribution in [2.24, 2.45) is 11.8 Å². The first-order chi connectivity index (χ1) is 8.88. The maximum Gasteiger partial charge on any atom is 0.312 e. The normalized spacial score (nSPS) is 14.3. The Morgan fingerprint density at radius 3 is 2.53 bits per heavy atom. The maximum absolute atomic E-state index is 11.9. The van der Waals surface area contributed by atoms with Gasteiger partial charge in [-0.05, 0) is 31.0 Å². The van der Waals surface area contributed by atoms with Gasteiger partial charge in [0.25, 0.3) is 0 Å². The van der Waals surface area contributed by atoms with Crippen molar-refractivity contribution >= 4 is 29.2 Å². The van der Waals surface area contributed by atoms with Crippen molar-refractivity contribution in [1.29, 1.82) is 0 Å². The van der Waals surface area contributed by atoms with E-state index in [0.29, 0.717) is 15.6 Å². The van der Waals surface area contributed by atoms with Crippen LogP contribution in [0.5, 0.6) is 0 Å². The Labute approximate surface area is 123 Å². The summed E-state index contributed by atoms with van der Waals surface area (Å²) in [6, 6.07) is 4.81. The van der Waals surface area contributed by atoms with Crippen molar-refractivity contribution < 1.29 is 14.6 Å². The third kappa shape index (κ3) is 4.10. The zero-order valence-electron chi connectivity index (χ0n) is 11.2. The number of aliphatic hydroxyl groups excluding tert-OH is 1. The number of halogens is 2. The van der Waals surface area contributed by atoms with E-state index in [1.165, 1.54) is 0 Å². The molecule has 5 heteroatoms. The van der Waals surface area contributed by atoms with Crippen molar-refractivity contribution in [3.63, 3.8) is 0 Å². The van der Waals surface area contributed by atoms with Crippen LogP contribution in [0.4, 0.5) is 0 Å². The van der Waals surface area contributed by atoms with Crippen LogP contribution in [-0.2, 0) is 9.53 Å². The summed E-state index contributed by atoms with van der Waals surface area (Å²) in [5.41, 5.74) is 0.445. The van der Waals surface area contributed by atoms with Crippen molar-refractivity contribution in [2.75, 3.05) is 6.61 Å². The molecule has 0 aromatic heterocycles. The summed E-state index contributed by atoms with van der Waals surface area (Å²) in [5.74, 6) is -1.18. The van der Waals surface area contributed by atoms with Crippen molar-refractivity contribution in [3.8, 4) is 0 Å². The molecule has 1 N–H and O–H groups in total. The molecule has 1 aromatic rings. The van der Waals surface area contributed by atoms with Gasteiger partial charge in [0, 0.05) is 15.6 Å². The summed E-state index contributed by atoms with van der Waals surface area (Å²) >= 11 is 12.0. The Bertz CT molecular complexity index is 446. The predicted octanol–water partition coefficient (Wildman–Crippen LogP) is 3.86. The SMILES string of the molecule is CCOC(=O)C(C(C)C)C(O)c1cc(Cl)ccc1Cl. The minimum atomic E-state index is -1.04. The van der Waals surface area contributed by atoms with E-state index >= 15 is 0 Å². The Kier molecular flexibility index (Phi) is 6.11. The summed E-state index contributed by atoms with van der Waals surface area (Å²) in [6.07, 6.45) is -1.04. The van der Waals surface area contributed by atoms with Crippen LogP contribution in [0.2, 0.25) is 10.0 Å². The highest BCUT2D eigenvalue weighted by Crippen LogP contribution is 2.34. The third-order valence-corrected chi connectivity index (χ3v) is 3.47. The zero-order valence-corrected chi connectivity index (χ0v) is 12.7. The fraction of sp³-hybridized carbons (Fsp3) is 0.500. The van der Waals surface area contributed by atoms with Gasteiger partial charge >= 0.3 is 5.97 Å². The first kappa shape index (κ1) is 16.3. The Morgan fingerprint density at radius 2 is 2.00 bits per heavy atom. The Balaban J connectivity index is 3.08. The van der Waals surface area contributed by atoms with E-state index in [9.17, 15) is 9.90 Å². The molecule has 0 bridgehead atoms. The molecular weight excluding hydrogens is 287 g/mol. The molecule has 0 radical (unpaired) electrons. The lowest BCUT2D eigenvalue weighted by Crippen LogP contribution is -2.29. The second kappa shape index (κ2) is 7.13. The third-order valence-electron chi connectivity index (χ3n) is 2.89. The number of hydrogen-bond acceptors (Lipinski definition) is 3. The predicted molar refractivity (Wildman–Crippen MR) is 76.4 cm³/mol. The fourth-order valence-corrected chi connectivity index (χ4v) is 2.35. The van der Waals surface area contributed by atoms with Crippen LogP contribution in [0, 0.1) is 11.8 Å². The van der Waals surface area contributed by atoms with Gasteiger partial charge in [-0.2, -0.15) is 0 Å². The van der Waals surface area contributed by atoms with Crippen LogP contribution in [-0.4, -0.2) is 17.7 Å². The van der Waals surface area contributed by atoms with Crippen molar-refractivity contribution in [2.45, 2.75) is 26.9 Å². The van der Waals surface area contributed by atoms with Crippen LogP contribution in [0.1, 0.15) is 32.4 Å². The second-order valence-electron chi connectivity index (χ2n) is 4.63. The zero-order chi connectivity index (χ0) is 14.6. The van der Waals surface area contributed by atoms with Gasteiger partial charge in [0.2, 0.25) is 0 Å². The molecule has 0 amide bonds. The van der Waals surface area contributed by atoms with Crippen LogP contribution in [0.3, 0.4) is 0 Å². The number of ether oxygens (including phenoxy) is 1. The lowest BCUT2D eigenvalue weighted by atomic mass is 9.86. The molecule has 0 aliphatic carbocycles. The largest absolute Gasteiger partial charge is 0.466 e. The molecule has 2 unspecified atom stereocenters. The van der Waals surface area contributed by atoms with Crippen LogP contribution >= 0.6 is 23.2 Å². The molecule has 0 saturated heterocycles. The van der Waals surface area contributed by atoms with Gasteiger partial charge in [-0.3, -0.25) is 4.79 Å². The molecule has 2 atom stereocenters. The molecule has 0 aliphatic rings. The Morgan fingerprint density at radius 1 is 1.37 bits per heavy atom. The lowest BCUT2D eigenvalue weighted by molar-refractivity contribution is -0.154. The van der Waals surface area contributed by atoms with Crippen LogP contribution in [0.15, 0.2) is 18.2 Å². The van der Waals surface area contributed by atoms with Gasteiger partial charge in [-0.25, -0.2) is 0 Å². The molecule has 0 spiro atoms. The van der Waals surface area contributed by atoms with Crippen molar-refractivity contribution in [3.05, 3.63) is 33.8 Å². The van der Waals surface area contributed by atoms with E-state index in [4.69, 9.17) is 27.9 Å². The molecule has 0 saturated carbocycles. The monoisotopic (exact) mass is 304 g/mol. The average Bonchev–Trinajstić information content (AvgIpc) is 2.32. The van der Waals surface area contributed by atoms with E-state index in [2.05, 4.69) is 0 Å². The van der Waals surface area contributed by atoms with E-state index in [1.807, 2.05) is 13.8 Å². The number of hydrogen-bond donors (Lipinski definition) is 1. The number of rotatable bonds is 5. The number of esters is 1. The van der Waals surface area contributed by atoms with Gasteiger partial charge in [-0.15, -0.1) is 0 Å². The minimum Gasteiger partial charge on any atom is -0.466 e. The van der Waals surface area contributed by atoms with Gasteiger partial charge in [0.15, 0.2) is 0 Å². The van der Waals surface area contributed by atoms with Gasteiger partial charge in [0.05, 0.1) is 18.6 Å². The molecule has 3 nitrogen and oxygen atoms in total. The summed E-state index contributed by atoms with van der Waals surface area (Å²) in [4.78, 5) is 11.9. The quantitative estimate of drug-likeness (QED) is 0.840. The average molecular weight is 305 g/mol. The summed E-state index contributed by atoms with van der Waals surface area (Å²) in [7, 11) is 0.